The molecule has 0 aliphatic heterocycles. The Labute approximate surface area is 108 Å². The summed E-state index contributed by atoms with van der Waals surface area (Å²) in [5, 5.41) is 32.9. The maximum Gasteiger partial charge on any atom is 0.0662 e. The molecule has 106 valence electrons. The largest absolute Gasteiger partial charge is 0.394 e. The van der Waals surface area contributed by atoms with Crippen LogP contribution in [0.25, 0.3) is 0 Å². The van der Waals surface area contributed by atoms with Crippen molar-refractivity contribution in [2.75, 3.05) is 40.5 Å². The quantitative estimate of drug-likeness (QED) is 0.316. The molecule has 0 aliphatic rings. The molecule has 0 unspecified atom stereocenters. The van der Waals surface area contributed by atoms with Crippen LogP contribution in [0.3, 0.4) is 0 Å². The van der Waals surface area contributed by atoms with Crippen molar-refractivity contribution in [1.82, 2.24) is 0 Å². The molecule has 0 heterocycles. The van der Waals surface area contributed by atoms with Gasteiger partial charge in [0.1, 0.15) is 0 Å². The number of carbonyl (C=O) groups is 1. The first-order chi connectivity index (χ1) is 8.31. The van der Waals surface area contributed by atoms with E-state index in [2.05, 4.69) is 12.3 Å². The van der Waals surface area contributed by atoms with Crippen LogP contribution in [0.15, 0.2) is 12.7 Å². The second kappa shape index (κ2) is 16.1. The van der Waals surface area contributed by atoms with E-state index in [1.165, 1.54) is 0 Å². The Morgan fingerprint density at radius 3 is 1.89 bits per heavy atom. The molecule has 0 aromatic heterocycles. The smallest absolute Gasteiger partial charge is 0.0662 e. The molecule has 0 rings (SSSR count). The number of carboxylic acids is 1. The van der Waals surface area contributed by atoms with E-state index in [1.54, 1.807) is 0 Å². The van der Waals surface area contributed by atoms with Gasteiger partial charge >= 0.3 is 55.1 Å². The van der Waals surface area contributed by atoms with Gasteiger partial charge < -0.3 is 20.1 Å². The third-order valence-electron chi connectivity index (χ3n) is 1.24. The summed E-state index contributed by atoms with van der Waals surface area (Å²) in [7, 11) is 3.54. The summed E-state index contributed by atoms with van der Waals surface area (Å²) in [6.45, 7) is 3.29. The van der Waals surface area contributed by atoms with Crippen molar-refractivity contribution in [2.24, 2.45) is 0 Å². The molecule has 8 heteroatoms. The number of likely N-dealkylation sites (N-methyl/N-ethyl adjacent to an activating group) is 1. The van der Waals surface area contributed by atoms with Gasteiger partial charge in [-0.2, -0.15) is 0 Å². The number of hydrogen-bond acceptors (Lipinski definition) is 6. The van der Waals surface area contributed by atoms with E-state index in [1.807, 2.05) is 14.1 Å². The molecule has 0 fully saturated rings. The van der Waals surface area contributed by atoms with Crippen LogP contribution in [0, 0.1) is 5.75 Å². The van der Waals surface area contributed by atoms with Gasteiger partial charge in [0.2, 0.25) is 0 Å². The van der Waals surface area contributed by atoms with Gasteiger partial charge in [0.25, 0.3) is 0 Å². The predicted molar refractivity (Wildman–Crippen MR) is 64.9 cm³/mol. The summed E-state index contributed by atoms with van der Waals surface area (Å²) in [4.78, 5) is 9.14. The maximum absolute atomic E-state index is 9.98. The van der Waals surface area contributed by atoms with E-state index in [0.29, 0.717) is 11.0 Å². The molecule has 0 atom stereocenters. The molecule has 18 heavy (non-hydrogen) atoms. The van der Waals surface area contributed by atoms with Crippen molar-refractivity contribution in [2.45, 2.75) is 0 Å². The zero-order valence-electron chi connectivity index (χ0n) is 10.6. The monoisotopic (exact) mass is 281 g/mol. The second-order valence-electron chi connectivity index (χ2n) is 3.29. The zero-order chi connectivity index (χ0) is 15.0. The van der Waals surface area contributed by atoms with Gasteiger partial charge in [-0.15, -0.1) is 0 Å². The van der Waals surface area contributed by atoms with E-state index in [0.717, 1.165) is 6.08 Å². The van der Waals surface area contributed by atoms with Crippen LogP contribution in [-0.4, -0.2) is 66.2 Å². The summed E-state index contributed by atoms with van der Waals surface area (Å²) in [6, 6.07) is 0. The summed E-state index contributed by atoms with van der Waals surface area (Å²) in [5.74, 6) is 1.39. The number of aliphatic hydroxyl groups is 3. The van der Waals surface area contributed by atoms with Crippen molar-refractivity contribution in [3.63, 3.8) is 0 Å². The fourth-order valence-corrected chi connectivity index (χ4v) is 0.732. The van der Waals surface area contributed by atoms with Gasteiger partial charge in [-0.3, -0.25) is 0 Å². The van der Waals surface area contributed by atoms with Crippen molar-refractivity contribution in [3.8, 4) is 5.75 Å². The number of rotatable bonds is 4. The Kier molecular flexibility index (Phi) is 19.9. The average molecular weight is 281 g/mol. The van der Waals surface area contributed by atoms with E-state index in [9.17, 15) is 4.57 Å². The van der Waals surface area contributed by atoms with Crippen molar-refractivity contribution in [3.05, 3.63) is 12.7 Å². The number of carbonyl (C=O) groups excluding carboxylic acids is 1. The topological polar surface area (TPSA) is 118 Å². The maximum atomic E-state index is 9.98. The summed E-state index contributed by atoms with van der Waals surface area (Å²) >= 11 is 0. The van der Waals surface area contributed by atoms with E-state index >= 15 is 0 Å². The Morgan fingerprint density at radius 2 is 1.72 bits per heavy atom. The molecule has 0 aromatic carbocycles. The molecule has 3 N–H and O–H groups in total. The first-order valence-electron chi connectivity index (χ1n) is 4.89. The minimum Gasteiger partial charge on any atom is -0.394 e. The van der Waals surface area contributed by atoms with Crippen molar-refractivity contribution >= 4 is 13.9 Å². The Balaban J connectivity index is -0.000000212. The molecule has 0 aliphatic carbocycles. The molecule has 7 nitrogen and oxygen atoms in total. The van der Waals surface area contributed by atoms with Gasteiger partial charge in [0, 0.05) is 0 Å². The number of nitrogens with zero attached hydrogens (tertiary/aromatic N) is 1. The fourth-order valence-electron chi connectivity index (χ4n) is 0.411. The molecule has 0 saturated heterocycles. The third kappa shape index (κ3) is 29.4. The first kappa shape index (κ1) is 22.3. The van der Waals surface area contributed by atoms with Crippen LogP contribution < -0.4 is 5.11 Å². The van der Waals surface area contributed by atoms with Crippen LogP contribution in [0.1, 0.15) is 0 Å². The molecular weight excluding hydrogens is 261 g/mol. The van der Waals surface area contributed by atoms with Crippen LogP contribution in [-0.2, 0) is 9.36 Å². The predicted octanol–water partition coefficient (Wildman–Crippen LogP) is -1.84. The molecule has 0 amide bonds. The Morgan fingerprint density at radius 1 is 1.33 bits per heavy atom. The van der Waals surface area contributed by atoms with Crippen LogP contribution in [0.2, 0.25) is 0 Å². The molecule has 0 spiro atoms. The van der Waals surface area contributed by atoms with Gasteiger partial charge in [-0.25, -0.2) is 0 Å². The van der Waals surface area contributed by atoms with Gasteiger partial charge in [-0.05, 0) is 6.08 Å². The van der Waals surface area contributed by atoms with E-state index < -0.39 is 5.97 Å². The van der Waals surface area contributed by atoms with Crippen LogP contribution >= 0.6 is 7.92 Å². The molecule has 0 bridgehead atoms. The zero-order valence-corrected chi connectivity index (χ0v) is 11.5. The molecule has 0 aromatic rings. The number of quaternary nitrogens is 1. The standard InChI is InChI=1S/C5H11NO2P.C3H4O2.C2H6O2/c1-6(2,3-4-7)5-9-8;1-2-3(4)5;3-1-2-4/h7H,3-4H2,1-2H3;2H,1H2,(H,4,5);3-4H,1-2H2/q+1;;/p-1. The van der Waals surface area contributed by atoms with Gasteiger partial charge in [-0.1, -0.05) is 6.58 Å². The van der Waals surface area contributed by atoms with Gasteiger partial charge in [0.05, 0.1) is 19.2 Å². The van der Waals surface area contributed by atoms with E-state index in [-0.39, 0.29) is 27.7 Å². The number of hydrogen-bond donors (Lipinski definition) is 3. The first-order valence-corrected chi connectivity index (χ1v) is 5.71. The molecule has 0 radical (unpaired) electrons. The molecule has 0 saturated carbocycles. The Bertz CT molecular complexity index is 309. The van der Waals surface area contributed by atoms with Gasteiger partial charge in [0.15, 0.2) is 0 Å². The normalized spacial score (nSPS) is 8.72. The summed E-state index contributed by atoms with van der Waals surface area (Å²) in [6.07, 6.45) is 0.722. The Hall–Kier alpha value is -0.940. The minimum absolute atomic E-state index is 0.0928. The summed E-state index contributed by atoms with van der Waals surface area (Å²) in [5.41, 5.74) is 0. The van der Waals surface area contributed by atoms with Crippen LogP contribution in [0.5, 0.6) is 0 Å². The molecular formula is C10H20NO6P. The van der Waals surface area contributed by atoms with Crippen molar-refractivity contribution in [1.29, 1.82) is 0 Å². The number of carboxylic acid groups (broad SMARTS) is 1. The van der Waals surface area contributed by atoms with E-state index in [4.69, 9.17) is 25.2 Å². The van der Waals surface area contributed by atoms with Crippen LogP contribution in [0.4, 0.5) is 0 Å². The number of aliphatic hydroxyl groups excluding tert-OH is 3. The summed E-state index contributed by atoms with van der Waals surface area (Å²) < 4.78 is 10.3. The van der Waals surface area contributed by atoms with Crippen molar-refractivity contribution < 1.29 is 34.3 Å². The minimum atomic E-state index is -1.23. The SMILES string of the molecule is C=CC(=O)[O-].C[N+](C)(C#P=O)CCO.OCCO. The average Bonchev–Trinajstić information content (AvgIpc) is 2.30. The second-order valence-corrected chi connectivity index (χ2v) is 3.68. The third-order valence-corrected chi connectivity index (χ3v) is 1.86. The fraction of sp³-hybridized carbons (Fsp3) is 0.600. The number of aliphatic carboxylic acids is 1.